The molecule has 416 valence electrons. The number of hydrogen-bond donors (Lipinski definition) is 8. The van der Waals surface area contributed by atoms with Crippen LogP contribution in [0.4, 0.5) is 0 Å². The summed E-state index contributed by atoms with van der Waals surface area (Å²) < 4.78 is 17.8. The second kappa shape index (κ2) is 41.9. The SMILES string of the molecule is CCCCCCCCCCCCCC(=O)N[C@H]1CN(CC(=O)NC[C@H]2O[C@H](OC)[C@H](NC(=O)CCCCCCCCCCCN)[C@@H](OC(=O)CCCCCCCCCCCCC)[C@@H]2O)[C@H](CO)[C@@H](O)[C@@H]1O. The van der Waals surface area contributed by atoms with E-state index in [2.05, 4.69) is 29.8 Å². The van der Waals surface area contributed by atoms with E-state index in [9.17, 15) is 39.6 Å². The standard InChI is InChI=1S/C55H105N5O11/c1-4-6-8-10-12-14-16-19-23-27-31-35-46(62)58-43-40-60(44(42-61)52(67)51(43)66)41-48(64)57-39-45-53(68)54(71-49(65)37-33-29-25-21-17-15-13-11-9-7-5-2)50(55(69-3)70-45)59-47(63)36-32-28-24-20-18-22-26-30-34-38-56/h43-45,50-55,61,66-68H,4-42,56H2,1-3H3,(H,57,64)(H,58,62)(H,59,63)/t43-,44+,45+,50+,51+,52+,53+,54+,55-/m0/s1. The molecule has 0 saturated carbocycles. The molecular weight excluding hydrogens is 907 g/mol. The average molecular weight is 1010 g/mol. The molecule has 0 unspecified atom stereocenters. The van der Waals surface area contributed by atoms with Gasteiger partial charge in [-0.05, 0) is 32.2 Å². The normalized spacial score (nSPS) is 23.6. The first kappa shape index (κ1) is 64.7. The molecule has 3 amide bonds. The molecule has 16 nitrogen and oxygen atoms in total. The lowest BCUT2D eigenvalue weighted by atomic mass is 9.92. The van der Waals surface area contributed by atoms with E-state index in [1.165, 1.54) is 115 Å². The Morgan fingerprint density at radius 3 is 1.46 bits per heavy atom. The van der Waals surface area contributed by atoms with E-state index in [-0.39, 0.29) is 50.7 Å². The van der Waals surface area contributed by atoms with E-state index >= 15 is 0 Å². The molecule has 2 rings (SSSR count). The van der Waals surface area contributed by atoms with Crippen LogP contribution in [0.15, 0.2) is 0 Å². The van der Waals surface area contributed by atoms with Gasteiger partial charge in [0.05, 0.1) is 31.3 Å². The summed E-state index contributed by atoms with van der Waals surface area (Å²) in [5.41, 5.74) is 5.59. The quantitative estimate of drug-likeness (QED) is 0.0220. The fraction of sp³-hybridized carbons (Fsp3) is 0.927. The monoisotopic (exact) mass is 1010 g/mol. The Kier molecular flexibility index (Phi) is 38.1. The number of aliphatic hydroxyl groups excluding tert-OH is 4. The number of carbonyl (C=O) groups excluding carboxylic acids is 4. The van der Waals surface area contributed by atoms with Crippen LogP contribution in [0.5, 0.6) is 0 Å². The minimum absolute atomic E-state index is 0.00330. The zero-order valence-corrected chi connectivity index (χ0v) is 44.9. The number of nitrogens with two attached hydrogens (primary N) is 1. The molecular formula is C55H105N5O11. The highest BCUT2D eigenvalue weighted by Gasteiger charge is 2.49. The number of aliphatic hydroxyl groups is 4. The molecule has 2 aliphatic heterocycles. The van der Waals surface area contributed by atoms with E-state index in [4.69, 9.17) is 19.9 Å². The number of methoxy groups -OCH3 is 1. The molecule has 2 aliphatic rings. The van der Waals surface area contributed by atoms with Gasteiger partial charge in [0.1, 0.15) is 24.4 Å². The smallest absolute Gasteiger partial charge is 0.306 e. The summed E-state index contributed by atoms with van der Waals surface area (Å²) in [5.74, 6) is -1.56. The minimum atomic E-state index is -1.45. The Hall–Kier alpha value is -2.44. The van der Waals surface area contributed by atoms with Crippen molar-refractivity contribution >= 4 is 23.7 Å². The lowest BCUT2D eigenvalue weighted by Crippen LogP contribution is -2.68. The van der Waals surface area contributed by atoms with Gasteiger partial charge in [0.2, 0.25) is 17.7 Å². The molecule has 2 saturated heterocycles. The number of unbranched alkanes of at least 4 members (excludes halogenated alkanes) is 28. The molecule has 0 spiro atoms. The summed E-state index contributed by atoms with van der Waals surface area (Å²) in [6.07, 6.45) is 27.7. The third-order valence-corrected chi connectivity index (χ3v) is 14.5. The molecule has 71 heavy (non-hydrogen) atoms. The van der Waals surface area contributed by atoms with Crippen molar-refractivity contribution < 1.29 is 53.8 Å². The Balaban J connectivity index is 1.97. The number of ether oxygens (including phenoxy) is 3. The maximum atomic E-state index is 13.5. The summed E-state index contributed by atoms with van der Waals surface area (Å²) in [6, 6.07) is -2.87. The second-order valence-electron chi connectivity index (χ2n) is 20.7. The fourth-order valence-corrected chi connectivity index (χ4v) is 10.0. The Morgan fingerprint density at radius 1 is 0.577 bits per heavy atom. The summed E-state index contributed by atoms with van der Waals surface area (Å²) >= 11 is 0. The summed E-state index contributed by atoms with van der Waals surface area (Å²) in [7, 11) is 1.40. The van der Waals surface area contributed by atoms with E-state index < -0.39 is 73.4 Å². The number of nitrogens with zero attached hydrogens (tertiary/aromatic N) is 1. The molecule has 0 aromatic carbocycles. The Morgan fingerprint density at radius 2 is 1.01 bits per heavy atom. The van der Waals surface area contributed by atoms with Gasteiger partial charge in [-0.15, -0.1) is 0 Å². The maximum absolute atomic E-state index is 13.5. The van der Waals surface area contributed by atoms with E-state index in [1.807, 2.05) is 0 Å². The third-order valence-electron chi connectivity index (χ3n) is 14.5. The lowest BCUT2D eigenvalue weighted by molar-refractivity contribution is -0.260. The van der Waals surface area contributed by atoms with Crippen molar-refractivity contribution in [3.8, 4) is 0 Å². The number of carbonyl (C=O) groups is 4. The van der Waals surface area contributed by atoms with Crippen LogP contribution in [0.1, 0.15) is 232 Å². The number of piperidine rings is 1. The highest BCUT2D eigenvalue weighted by molar-refractivity contribution is 5.78. The molecule has 9 atom stereocenters. The van der Waals surface area contributed by atoms with Crippen LogP contribution < -0.4 is 21.7 Å². The van der Waals surface area contributed by atoms with Gasteiger partial charge in [-0.3, -0.25) is 24.1 Å². The van der Waals surface area contributed by atoms with Crippen LogP contribution in [0.2, 0.25) is 0 Å². The van der Waals surface area contributed by atoms with Gasteiger partial charge in [0.15, 0.2) is 12.4 Å². The lowest BCUT2D eigenvalue weighted by Gasteiger charge is -2.45. The number of likely N-dealkylation sites (tertiary alicyclic amines) is 1. The van der Waals surface area contributed by atoms with Gasteiger partial charge in [-0.25, -0.2) is 0 Å². The van der Waals surface area contributed by atoms with Gasteiger partial charge in [-0.1, -0.05) is 187 Å². The molecule has 0 aliphatic carbocycles. The molecule has 16 heteroatoms. The van der Waals surface area contributed by atoms with E-state index in [0.29, 0.717) is 19.3 Å². The number of amides is 3. The topological polar surface area (TPSA) is 242 Å². The zero-order valence-electron chi connectivity index (χ0n) is 44.9. The summed E-state index contributed by atoms with van der Waals surface area (Å²) in [5, 5.41) is 52.4. The molecule has 0 aromatic heterocycles. The Bertz CT molecular complexity index is 1370. The molecule has 0 radical (unpaired) electrons. The summed E-state index contributed by atoms with van der Waals surface area (Å²) in [4.78, 5) is 54.7. The number of esters is 1. The first-order valence-corrected chi connectivity index (χ1v) is 28.8. The first-order chi connectivity index (χ1) is 34.5. The third kappa shape index (κ3) is 28.7. The van der Waals surface area contributed by atoms with Crippen LogP contribution in [-0.2, 0) is 33.4 Å². The predicted molar refractivity (Wildman–Crippen MR) is 280 cm³/mol. The Labute approximate surface area is 429 Å². The predicted octanol–water partition coefficient (Wildman–Crippen LogP) is 7.38. The molecule has 2 fully saturated rings. The van der Waals surface area contributed by atoms with Gasteiger partial charge in [-0.2, -0.15) is 0 Å². The maximum Gasteiger partial charge on any atom is 0.306 e. The highest BCUT2D eigenvalue weighted by atomic mass is 16.7. The summed E-state index contributed by atoms with van der Waals surface area (Å²) in [6.45, 7) is 4.12. The van der Waals surface area contributed by atoms with Crippen molar-refractivity contribution in [3.05, 3.63) is 0 Å². The van der Waals surface area contributed by atoms with Crippen LogP contribution >= 0.6 is 0 Å². The first-order valence-electron chi connectivity index (χ1n) is 28.8. The van der Waals surface area contributed by atoms with Crippen molar-refractivity contribution in [1.82, 2.24) is 20.9 Å². The number of rotatable bonds is 44. The number of nitrogens with one attached hydrogen (secondary N) is 3. The van der Waals surface area contributed by atoms with Crippen molar-refractivity contribution in [2.45, 2.75) is 287 Å². The molecule has 2 heterocycles. The number of hydrogen-bond acceptors (Lipinski definition) is 13. The van der Waals surface area contributed by atoms with Gasteiger partial charge in [0.25, 0.3) is 0 Å². The fourth-order valence-electron chi connectivity index (χ4n) is 10.0. The van der Waals surface area contributed by atoms with Crippen molar-refractivity contribution in [2.24, 2.45) is 5.73 Å². The second-order valence-corrected chi connectivity index (χ2v) is 20.7. The average Bonchev–Trinajstić information content (AvgIpc) is 3.35. The minimum Gasteiger partial charge on any atom is -0.457 e. The van der Waals surface area contributed by atoms with Gasteiger partial charge < -0.3 is 56.3 Å². The van der Waals surface area contributed by atoms with E-state index in [1.54, 1.807) is 0 Å². The molecule has 9 N–H and O–H groups in total. The molecule has 0 aromatic rings. The van der Waals surface area contributed by atoms with Crippen LogP contribution in [0.25, 0.3) is 0 Å². The highest BCUT2D eigenvalue weighted by Crippen LogP contribution is 2.26. The van der Waals surface area contributed by atoms with Crippen LogP contribution in [-0.4, -0.2) is 144 Å². The largest absolute Gasteiger partial charge is 0.457 e. The van der Waals surface area contributed by atoms with Crippen LogP contribution in [0, 0.1) is 0 Å². The molecule has 0 bridgehead atoms. The zero-order chi connectivity index (χ0) is 51.9. The van der Waals surface area contributed by atoms with E-state index in [0.717, 1.165) is 83.6 Å². The van der Waals surface area contributed by atoms with Crippen molar-refractivity contribution in [1.29, 1.82) is 0 Å². The van der Waals surface area contributed by atoms with Crippen molar-refractivity contribution in [3.63, 3.8) is 0 Å². The van der Waals surface area contributed by atoms with Gasteiger partial charge >= 0.3 is 5.97 Å². The van der Waals surface area contributed by atoms with Crippen LogP contribution in [0.3, 0.4) is 0 Å². The van der Waals surface area contributed by atoms with Gasteiger partial charge in [0, 0.05) is 39.5 Å². The van der Waals surface area contributed by atoms with Crippen molar-refractivity contribution in [2.75, 3.05) is 39.9 Å².